The lowest BCUT2D eigenvalue weighted by Gasteiger charge is -2.19. The number of methoxy groups -OCH3 is 1. The van der Waals surface area contributed by atoms with Gasteiger partial charge in [-0.25, -0.2) is 4.98 Å². The summed E-state index contributed by atoms with van der Waals surface area (Å²) < 4.78 is 6.25. The first-order chi connectivity index (χ1) is 10.0. The van der Waals surface area contributed by atoms with Gasteiger partial charge in [0.1, 0.15) is 10.8 Å². The van der Waals surface area contributed by atoms with Crippen LogP contribution in [0.5, 0.6) is 5.75 Å². The lowest BCUT2D eigenvalue weighted by molar-refractivity contribution is 0.411. The summed E-state index contributed by atoms with van der Waals surface area (Å²) in [5.41, 5.74) is 1.22. The van der Waals surface area contributed by atoms with E-state index in [0.717, 1.165) is 21.7 Å². The first-order valence-corrected chi connectivity index (χ1v) is 8.70. The van der Waals surface area contributed by atoms with Crippen molar-refractivity contribution in [3.05, 3.63) is 44.3 Å². The van der Waals surface area contributed by atoms with E-state index in [-0.39, 0.29) is 12.1 Å². The molecule has 0 aliphatic rings. The predicted molar refractivity (Wildman–Crippen MR) is 92.2 cm³/mol. The predicted octanol–water partition coefficient (Wildman–Crippen LogP) is 4.89. The smallest absolute Gasteiger partial charge is 0.133 e. The lowest BCUT2D eigenvalue weighted by Crippen LogP contribution is -2.22. The van der Waals surface area contributed by atoms with E-state index in [1.165, 1.54) is 10.4 Å². The average molecular weight is 369 g/mol. The topological polar surface area (TPSA) is 34.2 Å². The lowest BCUT2D eigenvalue weighted by atomic mass is 10.1. The summed E-state index contributed by atoms with van der Waals surface area (Å²) >= 11 is 5.32. The summed E-state index contributed by atoms with van der Waals surface area (Å²) in [6.07, 6.45) is 3.03. The minimum atomic E-state index is 0.242. The summed E-state index contributed by atoms with van der Waals surface area (Å²) in [4.78, 5) is 5.84. The molecule has 0 fully saturated rings. The van der Waals surface area contributed by atoms with E-state index in [4.69, 9.17) is 4.74 Å². The van der Waals surface area contributed by atoms with E-state index >= 15 is 0 Å². The highest BCUT2D eigenvalue weighted by Gasteiger charge is 2.15. The van der Waals surface area contributed by atoms with Crippen molar-refractivity contribution in [2.45, 2.75) is 39.3 Å². The Hall–Kier alpha value is -0.910. The van der Waals surface area contributed by atoms with Crippen molar-refractivity contribution in [1.29, 1.82) is 0 Å². The fraction of sp³-hybridized carbons (Fsp3) is 0.438. The summed E-state index contributed by atoms with van der Waals surface area (Å²) in [5, 5.41) is 4.75. The number of thiazole rings is 1. The Balaban J connectivity index is 2.06. The molecule has 2 rings (SSSR count). The van der Waals surface area contributed by atoms with Gasteiger partial charge in [0.25, 0.3) is 0 Å². The van der Waals surface area contributed by atoms with E-state index < -0.39 is 0 Å². The zero-order chi connectivity index (χ0) is 15.4. The first kappa shape index (κ1) is 16.5. The van der Waals surface area contributed by atoms with Crippen LogP contribution in [0.2, 0.25) is 0 Å². The van der Waals surface area contributed by atoms with Crippen LogP contribution in [0.15, 0.2) is 28.9 Å². The fourth-order valence-electron chi connectivity index (χ4n) is 2.18. The molecule has 0 saturated carbocycles. The monoisotopic (exact) mass is 368 g/mol. The molecule has 0 amide bonds. The maximum absolute atomic E-state index is 5.27. The average Bonchev–Trinajstić information content (AvgIpc) is 2.96. The summed E-state index contributed by atoms with van der Waals surface area (Å²) in [5.74, 6) is 0.853. The van der Waals surface area contributed by atoms with Crippen molar-refractivity contribution in [1.82, 2.24) is 10.3 Å². The minimum absolute atomic E-state index is 0.242. The van der Waals surface area contributed by atoms with Gasteiger partial charge in [0, 0.05) is 17.1 Å². The number of rotatable bonds is 6. The van der Waals surface area contributed by atoms with Gasteiger partial charge in [-0.05, 0) is 53.9 Å². The van der Waals surface area contributed by atoms with Crippen LogP contribution in [-0.4, -0.2) is 12.1 Å². The number of aryl methyl sites for hydroxylation is 1. The molecular formula is C16H21BrN2OS. The van der Waals surface area contributed by atoms with E-state index in [2.05, 4.69) is 59.1 Å². The molecule has 1 N–H and O–H groups in total. The summed E-state index contributed by atoms with van der Waals surface area (Å²) in [6.45, 7) is 6.49. The molecule has 1 heterocycles. The van der Waals surface area contributed by atoms with E-state index in [0.29, 0.717) is 0 Å². The zero-order valence-electron chi connectivity index (χ0n) is 12.8. The van der Waals surface area contributed by atoms with Crippen molar-refractivity contribution in [3.8, 4) is 5.75 Å². The molecule has 1 aromatic heterocycles. The zero-order valence-corrected chi connectivity index (χ0v) is 15.2. The Kier molecular flexibility index (Phi) is 5.79. The quantitative estimate of drug-likeness (QED) is 0.787. The second-order valence-electron chi connectivity index (χ2n) is 5.02. The minimum Gasteiger partial charge on any atom is -0.496 e. The number of benzene rings is 1. The maximum Gasteiger partial charge on any atom is 0.133 e. The van der Waals surface area contributed by atoms with Crippen LogP contribution in [0.25, 0.3) is 0 Å². The van der Waals surface area contributed by atoms with Gasteiger partial charge in [-0.15, -0.1) is 11.3 Å². The van der Waals surface area contributed by atoms with Gasteiger partial charge in [0.05, 0.1) is 17.6 Å². The normalized spacial score (nSPS) is 14.0. The summed E-state index contributed by atoms with van der Waals surface area (Å²) in [7, 11) is 1.68. The molecule has 0 aliphatic carbocycles. The molecule has 114 valence electrons. The van der Waals surface area contributed by atoms with Crippen molar-refractivity contribution in [2.24, 2.45) is 0 Å². The molecule has 2 unspecified atom stereocenters. The Bertz CT molecular complexity index is 600. The van der Waals surface area contributed by atoms with Crippen LogP contribution in [0, 0.1) is 0 Å². The number of hydrogen-bond acceptors (Lipinski definition) is 4. The van der Waals surface area contributed by atoms with Crippen molar-refractivity contribution >= 4 is 27.3 Å². The molecule has 2 atom stereocenters. The highest BCUT2D eigenvalue weighted by molar-refractivity contribution is 9.10. The highest BCUT2D eigenvalue weighted by Crippen LogP contribution is 2.29. The molecular weight excluding hydrogens is 348 g/mol. The van der Waals surface area contributed by atoms with Gasteiger partial charge < -0.3 is 10.1 Å². The standard InChI is InChI=1S/C16H21BrN2OS/c1-5-13-9-18-16(21-13)11(3)19-10(2)12-6-7-15(20-4)14(17)8-12/h6-11,19H,5H2,1-4H3. The number of aromatic nitrogens is 1. The molecule has 0 radical (unpaired) electrons. The van der Waals surface area contributed by atoms with E-state index in [1.54, 1.807) is 18.4 Å². The van der Waals surface area contributed by atoms with Crippen LogP contribution < -0.4 is 10.1 Å². The van der Waals surface area contributed by atoms with Crippen molar-refractivity contribution in [3.63, 3.8) is 0 Å². The van der Waals surface area contributed by atoms with Gasteiger partial charge in [-0.2, -0.15) is 0 Å². The van der Waals surface area contributed by atoms with Crippen molar-refractivity contribution in [2.75, 3.05) is 7.11 Å². The second kappa shape index (κ2) is 7.38. The van der Waals surface area contributed by atoms with Gasteiger partial charge in [-0.3, -0.25) is 0 Å². The molecule has 2 aromatic rings. The van der Waals surface area contributed by atoms with Crippen LogP contribution >= 0.6 is 27.3 Å². The Morgan fingerprint density at radius 2 is 2.10 bits per heavy atom. The molecule has 5 heteroatoms. The molecule has 21 heavy (non-hydrogen) atoms. The number of nitrogens with zero attached hydrogens (tertiary/aromatic N) is 1. The van der Waals surface area contributed by atoms with E-state index in [9.17, 15) is 0 Å². The highest BCUT2D eigenvalue weighted by atomic mass is 79.9. The number of hydrogen-bond donors (Lipinski definition) is 1. The maximum atomic E-state index is 5.27. The van der Waals surface area contributed by atoms with E-state index in [1.807, 2.05) is 12.3 Å². The Labute approximate surface area is 138 Å². The third-order valence-electron chi connectivity index (χ3n) is 3.47. The fourth-order valence-corrected chi connectivity index (χ4v) is 3.61. The Morgan fingerprint density at radius 1 is 1.33 bits per heavy atom. The SMILES string of the molecule is CCc1cnc(C(C)NC(C)c2ccc(OC)c(Br)c2)s1. The van der Waals surface area contributed by atoms with Crippen molar-refractivity contribution < 1.29 is 4.74 Å². The third kappa shape index (κ3) is 4.05. The van der Waals surface area contributed by atoms with Gasteiger partial charge in [0.2, 0.25) is 0 Å². The summed E-state index contributed by atoms with van der Waals surface area (Å²) in [6, 6.07) is 6.67. The van der Waals surface area contributed by atoms with Gasteiger partial charge in [-0.1, -0.05) is 13.0 Å². The van der Waals surface area contributed by atoms with Crippen LogP contribution in [0.1, 0.15) is 48.3 Å². The Morgan fingerprint density at radius 3 is 2.67 bits per heavy atom. The largest absolute Gasteiger partial charge is 0.496 e. The molecule has 0 aliphatic heterocycles. The second-order valence-corrected chi connectivity index (χ2v) is 7.02. The molecule has 0 saturated heterocycles. The van der Waals surface area contributed by atoms with Crippen LogP contribution in [0.3, 0.4) is 0 Å². The third-order valence-corrected chi connectivity index (χ3v) is 5.41. The van der Waals surface area contributed by atoms with Crippen LogP contribution in [-0.2, 0) is 6.42 Å². The number of halogens is 1. The van der Waals surface area contributed by atoms with Gasteiger partial charge >= 0.3 is 0 Å². The first-order valence-electron chi connectivity index (χ1n) is 7.09. The molecule has 1 aromatic carbocycles. The number of ether oxygens (including phenoxy) is 1. The number of nitrogens with one attached hydrogen (secondary N) is 1. The van der Waals surface area contributed by atoms with Crippen LogP contribution in [0.4, 0.5) is 0 Å². The molecule has 0 spiro atoms. The molecule has 3 nitrogen and oxygen atoms in total. The molecule has 0 bridgehead atoms. The van der Waals surface area contributed by atoms with Gasteiger partial charge in [0.15, 0.2) is 0 Å².